The molecule has 0 spiro atoms. The number of likely N-dealkylation sites (tertiary alicyclic amines) is 1. The van der Waals surface area contributed by atoms with E-state index in [1.807, 2.05) is 24.3 Å². The van der Waals surface area contributed by atoms with Crippen molar-refractivity contribution >= 4 is 16.5 Å². The molecule has 0 unspecified atom stereocenters. The summed E-state index contributed by atoms with van der Waals surface area (Å²) >= 11 is 0. The van der Waals surface area contributed by atoms with E-state index in [-0.39, 0.29) is 25.2 Å². The van der Waals surface area contributed by atoms with Crippen LogP contribution in [0.5, 0.6) is 5.75 Å². The number of rotatable bonds is 4. The normalized spacial score (nSPS) is 21.8. The maximum Gasteiger partial charge on any atom is 0.407 e. The van der Waals surface area contributed by atoms with Crippen LogP contribution in [0.4, 0.5) is 4.79 Å². The van der Waals surface area contributed by atoms with Gasteiger partial charge in [0.15, 0.2) is 0 Å². The number of carbonyl (C=O) groups is 1. The molecule has 0 bridgehead atoms. The van der Waals surface area contributed by atoms with Gasteiger partial charge in [-0.2, -0.15) is 8.42 Å². The van der Waals surface area contributed by atoms with Crippen LogP contribution in [0.3, 0.4) is 0 Å². The van der Waals surface area contributed by atoms with Crippen molar-refractivity contribution in [1.29, 1.82) is 0 Å². The molecule has 1 aromatic carbocycles. The fourth-order valence-corrected chi connectivity index (χ4v) is 3.74. The Bertz CT molecular complexity index is 682. The zero-order valence-corrected chi connectivity index (χ0v) is 14.5. The van der Waals surface area contributed by atoms with Crippen LogP contribution in [-0.4, -0.2) is 56.9 Å². The topological polar surface area (TPSA) is 102 Å². The van der Waals surface area contributed by atoms with Crippen LogP contribution in [0.25, 0.3) is 0 Å². The van der Waals surface area contributed by atoms with Gasteiger partial charge in [0.05, 0.1) is 13.2 Å². The van der Waals surface area contributed by atoms with E-state index >= 15 is 0 Å². The summed E-state index contributed by atoms with van der Waals surface area (Å²) in [6.45, 7) is 1.23. The zero-order chi connectivity index (χ0) is 17.9. The van der Waals surface area contributed by atoms with Crippen LogP contribution < -0.4 is 4.74 Å². The molecule has 0 radical (unpaired) electrons. The Hall–Kier alpha value is -1.84. The third kappa shape index (κ3) is 5.07. The van der Waals surface area contributed by atoms with Crippen molar-refractivity contribution in [2.45, 2.75) is 25.4 Å². The summed E-state index contributed by atoms with van der Waals surface area (Å²) in [4.78, 5) is 12.3. The molecule has 2 saturated heterocycles. The van der Waals surface area contributed by atoms with Gasteiger partial charge in [-0.25, -0.2) is 13.2 Å². The molecule has 0 atom stereocenters. The Morgan fingerprint density at radius 1 is 1.16 bits per heavy atom. The van der Waals surface area contributed by atoms with Crippen LogP contribution >= 0.6 is 0 Å². The highest BCUT2D eigenvalue weighted by Gasteiger charge is 2.26. The highest BCUT2D eigenvalue weighted by molar-refractivity contribution is 7.81. The zero-order valence-electron chi connectivity index (χ0n) is 13.7. The molecule has 8 nitrogen and oxygen atoms in total. The lowest BCUT2D eigenvalue weighted by Gasteiger charge is -2.30. The van der Waals surface area contributed by atoms with Crippen LogP contribution in [0.1, 0.15) is 18.4 Å². The molecule has 25 heavy (non-hydrogen) atoms. The lowest BCUT2D eigenvalue weighted by atomic mass is 10.0. The molecule has 2 heterocycles. The Labute approximate surface area is 146 Å². The van der Waals surface area contributed by atoms with Gasteiger partial charge in [0.2, 0.25) is 0 Å². The van der Waals surface area contributed by atoms with Crippen molar-refractivity contribution in [3.63, 3.8) is 0 Å². The first-order chi connectivity index (χ1) is 11.9. The van der Waals surface area contributed by atoms with Gasteiger partial charge in [0.25, 0.3) is 0 Å². The average molecular weight is 371 g/mol. The maximum absolute atomic E-state index is 11.0. The van der Waals surface area contributed by atoms with E-state index < -0.39 is 16.5 Å². The summed E-state index contributed by atoms with van der Waals surface area (Å²) in [5, 5.41) is 8.94. The van der Waals surface area contributed by atoms with Gasteiger partial charge in [-0.05, 0) is 24.1 Å². The van der Waals surface area contributed by atoms with Crippen LogP contribution in [0.2, 0.25) is 0 Å². The SMILES string of the molecule is O=C(O)N1CCC(Oc2ccc(CC3COS(=O)(=O)OC3)cc2)CC1. The lowest BCUT2D eigenvalue weighted by Crippen LogP contribution is -2.41. The minimum Gasteiger partial charge on any atom is -0.490 e. The minimum atomic E-state index is -3.80. The van der Waals surface area contributed by atoms with Crippen LogP contribution in [0.15, 0.2) is 24.3 Å². The highest BCUT2D eigenvalue weighted by Crippen LogP contribution is 2.22. The number of amides is 1. The number of hydrogen-bond donors (Lipinski definition) is 1. The molecule has 0 saturated carbocycles. The predicted molar refractivity (Wildman–Crippen MR) is 87.7 cm³/mol. The second-order valence-corrected chi connectivity index (χ2v) is 7.57. The van der Waals surface area contributed by atoms with E-state index in [0.717, 1.165) is 11.3 Å². The van der Waals surface area contributed by atoms with Gasteiger partial charge in [0.1, 0.15) is 11.9 Å². The number of piperidine rings is 1. The second kappa shape index (κ2) is 7.59. The summed E-state index contributed by atoms with van der Waals surface area (Å²) in [6.07, 6.45) is 1.16. The Balaban J connectivity index is 1.47. The molecule has 3 rings (SSSR count). The first kappa shape index (κ1) is 18.0. The molecular weight excluding hydrogens is 350 g/mol. The Morgan fingerprint density at radius 3 is 2.32 bits per heavy atom. The average Bonchev–Trinajstić information content (AvgIpc) is 2.59. The summed E-state index contributed by atoms with van der Waals surface area (Å²) in [5.74, 6) is 0.742. The van der Waals surface area contributed by atoms with Gasteiger partial charge in [-0.3, -0.25) is 0 Å². The molecule has 2 aliphatic heterocycles. The standard InChI is InChI=1S/C16H21NO7S/c18-16(19)17-7-5-15(6-8-17)24-14-3-1-12(2-4-14)9-13-10-22-25(20,21)23-11-13/h1-4,13,15H,5-11H2,(H,18,19). The van der Waals surface area contributed by atoms with E-state index in [4.69, 9.17) is 9.84 Å². The van der Waals surface area contributed by atoms with E-state index in [1.165, 1.54) is 4.90 Å². The van der Waals surface area contributed by atoms with Crippen molar-refractivity contribution in [3.8, 4) is 5.75 Å². The third-order valence-electron chi connectivity index (χ3n) is 4.36. The summed E-state index contributed by atoms with van der Waals surface area (Å²) < 4.78 is 37.4. The predicted octanol–water partition coefficient (Wildman–Crippen LogP) is 1.66. The molecule has 0 aromatic heterocycles. The van der Waals surface area contributed by atoms with Gasteiger partial charge >= 0.3 is 16.5 Å². The van der Waals surface area contributed by atoms with Crippen molar-refractivity contribution in [2.75, 3.05) is 26.3 Å². The summed E-state index contributed by atoms with van der Waals surface area (Å²) in [7, 11) is -3.80. The fraction of sp³-hybridized carbons (Fsp3) is 0.562. The van der Waals surface area contributed by atoms with Gasteiger partial charge < -0.3 is 14.7 Å². The Kier molecular flexibility index (Phi) is 5.45. The molecule has 1 aromatic rings. The number of hydrogen-bond acceptors (Lipinski definition) is 6. The van der Waals surface area contributed by atoms with Crippen molar-refractivity contribution < 1.29 is 31.4 Å². The van der Waals surface area contributed by atoms with E-state index in [9.17, 15) is 13.2 Å². The van der Waals surface area contributed by atoms with Crippen LogP contribution in [-0.2, 0) is 25.2 Å². The monoisotopic (exact) mass is 371 g/mol. The minimum absolute atomic E-state index is 0.00404. The molecule has 1 amide bonds. The van der Waals surface area contributed by atoms with Gasteiger partial charge in [0, 0.05) is 31.8 Å². The molecule has 2 aliphatic rings. The molecule has 0 aliphatic carbocycles. The van der Waals surface area contributed by atoms with Gasteiger partial charge in [-0.15, -0.1) is 0 Å². The van der Waals surface area contributed by atoms with E-state index in [0.29, 0.717) is 32.4 Å². The highest BCUT2D eigenvalue weighted by atomic mass is 32.3. The largest absolute Gasteiger partial charge is 0.490 e. The summed E-state index contributed by atoms with van der Waals surface area (Å²) in [5.41, 5.74) is 1.05. The summed E-state index contributed by atoms with van der Waals surface area (Å²) in [6, 6.07) is 7.62. The fourth-order valence-electron chi connectivity index (χ4n) is 2.95. The first-order valence-corrected chi connectivity index (χ1v) is 9.52. The Morgan fingerprint density at radius 2 is 1.76 bits per heavy atom. The van der Waals surface area contributed by atoms with E-state index in [1.54, 1.807) is 0 Å². The number of nitrogens with zero attached hydrogens (tertiary/aromatic N) is 1. The first-order valence-electron chi connectivity index (χ1n) is 8.18. The smallest absolute Gasteiger partial charge is 0.407 e. The van der Waals surface area contributed by atoms with Crippen LogP contribution in [0, 0.1) is 5.92 Å². The lowest BCUT2D eigenvalue weighted by molar-refractivity contribution is 0.0894. The van der Waals surface area contributed by atoms with Crippen molar-refractivity contribution in [1.82, 2.24) is 4.90 Å². The second-order valence-electron chi connectivity index (χ2n) is 6.28. The van der Waals surface area contributed by atoms with E-state index in [2.05, 4.69) is 8.37 Å². The third-order valence-corrected chi connectivity index (χ3v) is 5.21. The quantitative estimate of drug-likeness (QED) is 0.858. The maximum atomic E-state index is 11.0. The molecule has 1 N–H and O–H groups in total. The van der Waals surface area contributed by atoms with Crippen molar-refractivity contribution in [2.24, 2.45) is 5.92 Å². The number of carboxylic acid groups (broad SMARTS) is 1. The van der Waals surface area contributed by atoms with Crippen molar-refractivity contribution in [3.05, 3.63) is 29.8 Å². The molecule has 9 heteroatoms. The molecule has 2 fully saturated rings. The number of ether oxygens (including phenoxy) is 1. The molecular formula is C16H21NO7S. The molecule has 138 valence electrons. The van der Waals surface area contributed by atoms with Gasteiger partial charge in [-0.1, -0.05) is 12.1 Å². The number of benzene rings is 1.